The van der Waals surface area contributed by atoms with Crippen LogP contribution in [0.25, 0.3) is 0 Å². The van der Waals surface area contributed by atoms with Crippen molar-refractivity contribution in [3.8, 4) is 5.75 Å². The summed E-state index contributed by atoms with van der Waals surface area (Å²) in [5, 5.41) is 29.7. The van der Waals surface area contributed by atoms with Gasteiger partial charge in [-0.1, -0.05) is 23.8 Å². The highest BCUT2D eigenvalue weighted by Crippen LogP contribution is 2.41. The van der Waals surface area contributed by atoms with Crippen molar-refractivity contribution in [3.63, 3.8) is 0 Å². The van der Waals surface area contributed by atoms with E-state index in [1.807, 2.05) is 0 Å². The van der Waals surface area contributed by atoms with Gasteiger partial charge >= 0.3 is 5.97 Å². The molecule has 0 amide bonds. The molecule has 9 heteroatoms. The van der Waals surface area contributed by atoms with Gasteiger partial charge in [0, 0.05) is 29.3 Å². The summed E-state index contributed by atoms with van der Waals surface area (Å²) < 4.78 is 30.2. The molecule has 3 rings (SSSR count). The Morgan fingerprint density at radius 1 is 1.39 bits per heavy atom. The summed E-state index contributed by atoms with van der Waals surface area (Å²) in [6, 6.07) is 3.95. The number of hydrogen-bond donors (Lipinski definition) is 3. The zero-order chi connectivity index (χ0) is 22.4. The molecule has 0 aromatic heterocycles. The van der Waals surface area contributed by atoms with Gasteiger partial charge in [0.1, 0.15) is 19.3 Å². The van der Waals surface area contributed by atoms with Gasteiger partial charge in [-0.15, -0.1) is 0 Å². The number of halogens is 2. The zero-order valence-electron chi connectivity index (χ0n) is 17.0. The van der Waals surface area contributed by atoms with E-state index >= 15 is 0 Å². The summed E-state index contributed by atoms with van der Waals surface area (Å²) in [7, 11) is 0. The number of carbonyl (C=O) groups is 1. The second-order valence-electron chi connectivity index (χ2n) is 8.11. The molecule has 1 saturated heterocycles. The molecule has 2 aliphatic rings. The van der Waals surface area contributed by atoms with Crippen molar-refractivity contribution in [2.45, 2.75) is 37.6 Å². The molecular formula is C22H28ClFO7. The number of carboxylic acid groups (broad SMARTS) is 1. The van der Waals surface area contributed by atoms with Gasteiger partial charge < -0.3 is 29.5 Å². The highest BCUT2D eigenvalue weighted by atomic mass is 35.5. The average molecular weight is 459 g/mol. The summed E-state index contributed by atoms with van der Waals surface area (Å²) in [5.74, 6) is -1.57. The van der Waals surface area contributed by atoms with E-state index in [0.29, 0.717) is 24.7 Å². The van der Waals surface area contributed by atoms with E-state index in [0.717, 1.165) is 12.8 Å². The van der Waals surface area contributed by atoms with Gasteiger partial charge in [0.2, 0.25) is 0 Å². The van der Waals surface area contributed by atoms with Gasteiger partial charge in [0.15, 0.2) is 11.6 Å². The number of benzene rings is 1. The van der Waals surface area contributed by atoms with Gasteiger partial charge in [-0.25, -0.2) is 9.18 Å². The molecular weight excluding hydrogens is 431 g/mol. The number of aliphatic hydroxyl groups excluding tert-OH is 2. The Morgan fingerprint density at radius 3 is 2.97 bits per heavy atom. The van der Waals surface area contributed by atoms with Crippen LogP contribution >= 0.6 is 11.6 Å². The fourth-order valence-electron chi connectivity index (χ4n) is 4.23. The molecule has 31 heavy (non-hydrogen) atoms. The largest absolute Gasteiger partial charge is 0.487 e. The lowest BCUT2D eigenvalue weighted by Crippen LogP contribution is -2.22. The Kier molecular flexibility index (Phi) is 8.68. The van der Waals surface area contributed by atoms with Gasteiger partial charge in [-0.05, 0) is 30.9 Å². The summed E-state index contributed by atoms with van der Waals surface area (Å²) in [5.41, 5.74) is 0. The fourth-order valence-corrected chi connectivity index (χ4v) is 4.40. The molecule has 6 atom stereocenters. The molecule has 1 aliphatic carbocycles. The Hall–Kier alpha value is -1.71. The lowest BCUT2D eigenvalue weighted by atomic mass is 9.87. The van der Waals surface area contributed by atoms with E-state index in [-0.39, 0.29) is 42.8 Å². The first-order valence-electron chi connectivity index (χ1n) is 10.4. The summed E-state index contributed by atoms with van der Waals surface area (Å²) in [6.07, 6.45) is 3.79. The Labute approximate surface area is 185 Å². The summed E-state index contributed by atoms with van der Waals surface area (Å²) >= 11 is 5.83. The lowest BCUT2D eigenvalue weighted by Gasteiger charge is -2.21. The topological polar surface area (TPSA) is 105 Å². The third-order valence-corrected chi connectivity index (χ3v) is 6.02. The van der Waals surface area contributed by atoms with E-state index in [4.69, 9.17) is 30.9 Å². The molecule has 0 bridgehead atoms. The number of aliphatic carboxylic acids is 1. The average Bonchev–Trinajstić information content (AvgIpc) is 2.88. The van der Waals surface area contributed by atoms with Crippen LogP contribution in [0.15, 0.2) is 30.4 Å². The molecule has 2 fully saturated rings. The molecule has 0 radical (unpaired) electrons. The first-order valence-corrected chi connectivity index (χ1v) is 10.7. The first-order chi connectivity index (χ1) is 14.8. The van der Waals surface area contributed by atoms with Crippen molar-refractivity contribution in [1.29, 1.82) is 0 Å². The molecule has 7 nitrogen and oxygen atoms in total. The molecule has 0 spiro atoms. The number of ether oxygens (including phenoxy) is 3. The number of carboxylic acids is 1. The van der Waals surface area contributed by atoms with Crippen molar-refractivity contribution in [3.05, 3.63) is 41.2 Å². The Morgan fingerprint density at radius 2 is 2.19 bits per heavy atom. The molecule has 1 saturated carbocycles. The molecule has 172 valence electrons. The van der Waals surface area contributed by atoms with E-state index < -0.39 is 24.0 Å². The van der Waals surface area contributed by atoms with Gasteiger partial charge in [0.05, 0.1) is 25.4 Å². The third-order valence-electron chi connectivity index (χ3n) is 5.78. The van der Waals surface area contributed by atoms with E-state index in [1.165, 1.54) is 18.2 Å². The Balaban J connectivity index is 1.51. The fraction of sp³-hybridized carbons (Fsp3) is 0.591. The van der Waals surface area contributed by atoms with Gasteiger partial charge in [0.25, 0.3) is 0 Å². The van der Waals surface area contributed by atoms with Gasteiger partial charge in [-0.2, -0.15) is 0 Å². The Bertz CT molecular complexity index is 774. The van der Waals surface area contributed by atoms with Crippen LogP contribution in [0.1, 0.15) is 19.3 Å². The smallest absolute Gasteiger partial charge is 0.329 e. The first kappa shape index (κ1) is 23.9. The van der Waals surface area contributed by atoms with Crippen LogP contribution in [0.5, 0.6) is 5.75 Å². The van der Waals surface area contributed by atoms with Crippen molar-refractivity contribution in [1.82, 2.24) is 0 Å². The van der Waals surface area contributed by atoms with Crippen LogP contribution < -0.4 is 4.74 Å². The normalized spacial score (nSPS) is 29.5. The van der Waals surface area contributed by atoms with Gasteiger partial charge in [-0.3, -0.25) is 0 Å². The highest BCUT2D eigenvalue weighted by Gasteiger charge is 2.43. The predicted molar refractivity (Wildman–Crippen MR) is 111 cm³/mol. The van der Waals surface area contributed by atoms with Crippen molar-refractivity contribution in [2.75, 3.05) is 26.4 Å². The molecule has 0 unspecified atom stereocenters. The second-order valence-corrected chi connectivity index (χ2v) is 8.54. The van der Waals surface area contributed by atoms with Crippen molar-refractivity contribution >= 4 is 17.6 Å². The molecule has 1 heterocycles. The van der Waals surface area contributed by atoms with Crippen LogP contribution in [-0.2, 0) is 14.3 Å². The maximum Gasteiger partial charge on any atom is 0.329 e. The molecule has 1 aliphatic heterocycles. The van der Waals surface area contributed by atoms with Crippen LogP contribution in [0.4, 0.5) is 4.39 Å². The molecule has 1 aromatic carbocycles. The highest BCUT2D eigenvalue weighted by molar-refractivity contribution is 6.30. The quantitative estimate of drug-likeness (QED) is 0.488. The maximum atomic E-state index is 13.7. The number of hydrogen-bond acceptors (Lipinski definition) is 6. The minimum absolute atomic E-state index is 0.0331. The zero-order valence-corrected chi connectivity index (χ0v) is 17.8. The number of rotatable bonds is 9. The van der Waals surface area contributed by atoms with Crippen LogP contribution in [0.3, 0.4) is 0 Å². The monoisotopic (exact) mass is 458 g/mol. The summed E-state index contributed by atoms with van der Waals surface area (Å²) in [6.45, 7) is 0.313. The minimum atomic E-state index is -1.000. The van der Waals surface area contributed by atoms with E-state index in [9.17, 15) is 19.4 Å². The predicted octanol–water partition coefficient (Wildman–Crippen LogP) is 2.67. The molecule has 1 aromatic rings. The SMILES string of the molecule is O=C(O)COC[C@H]1CC[C@@H]2[C@@H](C=C[C@@H](O)COc3cc(Cl)ccc3F)[C@H](O)C[C@@H]2OC1. The third kappa shape index (κ3) is 6.89. The number of fused-ring (bicyclic) bond motifs is 1. The van der Waals surface area contributed by atoms with Crippen LogP contribution in [-0.4, -0.2) is 66.0 Å². The van der Waals surface area contributed by atoms with Crippen molar-refractivity contribution in [2.24, 2.45) is 17.8 Å². The van der Waals surface area contributed by atoms with E-state index in [2.05, 4.69) is 0 Å². The van der Waals surface area contributed by atoms with Crippen molar-refractivity contribution < 1.29 is 38.7 Å². The van der Waals surface area contributed by atoms with E-state index in [1.54, 1.807) is 12.2 Å². The van der Waals surface area contributed by atoms with Crippen LogP contribution in [0, 0.1) is 23.6 Å². The van der Waals surface area contributed by atoms with Crippen LogP contribution in [0.2, 0.25) is 5.02 Å². The maximum absolute atomic E-state index is 13.7. The standard InChI is InChI=1S/C22H28ClFO7/c23-14-2-6-18(24)21(7-14)31-11-15(25)3-5-16-17-4-1-13(9-29-12-22(27)28)10-30-20(17)8-19(16)26/h2-3,5-7,13,15-17,19-20,25-26H,1,4,8-12H2,(H,27,28)/t13-,15-,16-,17-,19-,20+/m1/s1. The second kappa shape index (κ2) is 11.2. The molecule has 3 N–H and O–H groups in total. The lowest BCUT2D eigenvalue weighted by molar-refractivity contribution is -0.143. The summed E-state index contributed by atoms with van der Waals surface area (Å²) in [4.78, 5) is 10.6. The number of aliphatic hydroxyl groups is 2. The minimum Gasteiger partial charge on any atom is -0.487 e.